The average molecular weight is 231 g/mol. The van der Waals surface area contributed by atoms with Crippen LogP contribution in [0.15, 0.2) is 4.58 Å². The lowest BCUT2D eigenvalue weighted by Crippen LogP contribution is -2.61. The van der Waals surface area contributed by atoms with Crippen molar-refractivity contribution in [3.05, 3.63) is 4.91 Å². The molecule has 1 fully saturated rings. The first-order valence-corrected chi connectivity index (χ1v) is 5.47. The van der Waals surface area contributed by atoms with Crippen molar-refractivity contribution in [2.24, 2.45) is 4.58 Å². The van der Waals surface area contributed by atoms with Gasteiger partial charge in [0.1, 0.15) is 12.1 Å². The zero-order chi connectivity index (χ0) is 11.4. The first-order valence-electron chi connectivity index (χ1n) is 4.63. The van der Waals surface area contributed by atoms with E-state index >= 15 is 0 Å². The first kappa shape index (κ1) is 12.0. The Morgan fingerprint density at radius 1 is 1.40 bits per heavy atom. The molecule has 1 saturated heterocycles. The molecule has 2 N–H and O–H groups in total. The van der Waals surface area contributed by atoms with Crippen molar-refractivity contribution in [1.82, 2.24) is 10.6 Å². The third-order valence-corrected chi connectivity index (χ3v) is 2.81. The van der Waals surface area contributed by atoms with E-state index in [0.29, 0.717) is 6.42 Å². The van der Waals surface area contributed by atoms with Gasteiger partial charge in [-0.25, -0.2) is 0 Å². The number of hydrogen-bond donors (Lipinski definition) is 2. The molecule has 6 nitrogen and oxygen atoms in total. The second-order valence-electron chi connectivity index (χ2n) is 3.52. The van der Waals surface area contributed by atoms with Crippen LogP contribution in [-0.2, 0) is 9.59 Å². The van der Waals surface area contributed by atoms with Gasteiger partial charge in [0.15, 0.2) is 0 Å². The molecule has 7 heteroatoms. The monoisotopic (exact) mass is 231 g/mol. The number of nitrogens with one attached hydrogen (secondary N) is 2. The van der Waals surface area contributed by atoms with E-state index < -0.39 is 12.1 Å². The van der Waals surface area contributed by atoms with Gasteiger partial charge in [0.05, 0.1) is 0 Å². The fourth-order valence-electron chi connectivity index (χ4n) is 1.36. The topological polar surface area (TPSA) is 87.6 Å². The van der Waals surface area contributed by atoms with Gasteiger partial charge in [-0.2, -0.15) is 0 Å². The smallest absolute Gasteiger partial charge is 0.243 e. The van der Waals surface area contributed by atoms with Gasteiger partial charge in [0.2, 0.25) is 11.8 Å². The van der Waals surface area contributed by atoms with Crippen LogP contribution in [0.4, 0.5) is 0 Å². The number of rotatable bonds is 4. The van der Waals surface area contributed by atoms with E-state index in [-0.39, 0.29) is 17.1 Å². The summed E-state index contributed by atoms with van der Waals surface area (Å²) in [6.07, 6.45) is 0.403. The SMILES string of the molecule is CC(C[C@@H]1NC(=O)[C@H](C)NC1=O)SN=O. The average Bonchev–Trinajstić information content (AvgIpc) is 2.14. The first-order chi connectivity index (χ1) is 7.04. The molecule has 3 atom stereocenters. The van der Waals surface area contributed by atoms with Crippen molar-refractivity contribution in [2.75, 3.05) is 0 Å². The van der Waals surface area contributed by atoms with E-state index in [0.717, 1.165) is 11.9 Å². The van der Waals surface area contributed by atoms with E-state index in [1.165, 1.54) is 0 Å². The summed E-state index contributed by atoms with van der Waals surface area (Å²) >= 11 is 0.867. The predicted molar refractivity (Wildman–Crippen MR) is 57.0 cm³/mol. The molecule has 15 heavy (non-hydrogen) atoms. The lowest BCUT2D eigenvalue weighted by molar-refractivity contribution is -0.136. The summed E-state index contributed by atoms with van der Waals surface area (Å²) in [5.41, 5.74) is 0. The Morgan fingerprint density at radius 2 is 2.07 bits per heavy atom. The van der Waals surface area contributed by atoms with E-state index in [1.807, 2.05) is 0 Å². The zero-order valence-corrected chi connectivity index (χ0v) is 9.34. The molecule has 1 unspecified atom stereocenters. The van der Waals surface area contributed by atoms with Crippen LogP contribution >= 0.6 is 11.9 Å². The van der Waals surface area contributed by atoms with Gasteiger partial charge in [0.25, 0.3) is 0 Å². The van der Waals surface area contributed by atoms with Gasteiger partial charge in [-0.3, -0.25) is 9.59 Å². The zero-order valence-electron chi connectivity index (χ0n) is 8.52. The van der Waals surface area contributed by atoms with Crippen LogP contribution in [0, 0.1) is 4.91 Å². The third kappa shape index (κ3) is 3.19. The van der Waals surface area contributed by atoms with E-state index in [2.05, 4.69) is 15.2 Å². The van der Waals surface area contributed by atoms with Crippen molar-refractivity contribution in [2.45, 2.75) is 37.6 Å². The van der Waals surface area contributed by atoms with Crippen LogP contribution in [0.3, 0.4) is 0 Å². The van der Waals surface area contributed by atoms with Gasteiger partial charge < -0.3 is 10.6 Å². The standard InChI is InChI=1S/C8H13N3O3S/c1-4(15-11-14)3-6-8(13)9-5(2)7(12)10-6/h4-6H,3H2,1-2H3,(H,9,13)(H,10,12)/t4?,5-,6-/m0/s1. The van der Waals surface area contributed by atoms with Crippen molar-refractivity contribution in [3.63, 3.8) is 0 Å². The number of hydrogen-bond acceptors (Lipinski definition) is 5. The number of piperazine rings is 1. The van der Waals surface area contributed by atoms with Gasteiger partial charge in [-0.05, 0) is 13.3 Å². The molecule has 1 heterocycles. The molecule has 84 valence electrons. The molecule has 2 amide bonds. The van der Waals surface area contributed by atoms with E-state index in [4.69, 9.17) is 0 Å². The number of nitroso groups, excluding NO2 is 1. The Bertz CT molecular complexity index is 284. The van der Waals surface area contributed by atoms with Gasteiger partial charge in [0, 0.05) is 21.8 Å². The molecular weight excluding hydrogens is 218 g/mol. The highest BCUT2D eigenvalue weighted by atomic mass is 32.2. The minimum absolute atomic E-state index is 0.0908. The largest absolute Gasteiger partial charge is 0.343 e. The van der Waals surface area contributed by atoms with Gasteiger partial charge >= 0.3 is 0 Å². The number of nitrogens with zero attached hydrogens (tertiary/aromatic N) is 1. The fraction of sp³-hybridized carbons (Fsp3) is 0.750. The second-order valence-corrected chi connectivity index (χ2v) is 4.68. The molecule has 0 aromatic carbocycles. The number of carbonyl (C=O) groups is 2. The van der Waals surface area contributed by atoms with Crippen LogP contribution in [-0.4, -0.2) is 29.1 Å². The summed E-state index contributed by atoms with van der Waals surface area (Å²) in [5.74, 6) is -0.406. The van der Waals surface area contributed by atoms with Crippen molar-refractivity contribution >= 4 is 23.8 Å². The van der Waals surface area contributed by atoms with Gasteiger partial charge in [-0.15, -0.1) is 4.91 Å². The van der Waals surface area contributed by atoms with Crippen molar-refractivity contribution < 1.29 is 9.59 Å². The lowest BCUT2D eigenvalue weighted by atomic mass is 10.1. The van der Waals surface area contributed by atoms with Crippen molar-refractivity contribution in [1.29, 1.82) is 0 Å². The fourth-order valence-corrected chi connectivity index (χ4v) is 1.78. The van der Waals surface area contributed by atoms with Crippen LogP contribution in [0.5, 0.6) is 0 Å². The minimum Gasteiger partial charge on any atom is -0.343 e. The van der Waals surface area contributed by atoms with Crippen LogP contribution in [0.1, 0.15) is 20.3 Å². The number of amides is 2. The van der Waals surface area contributed by atoms with E-state index in [1.54, 1.807) is 13.8 Å². The number of carbonyl (C=O) groups excluding carboxylic acids is 2. The van der Waals surface area contributed by atoms with Crippen LogP contribution < -0.4 is 10.6 Å². The normalized spacial score (nSPS) is 27.9. The molecular formula is C8H13N3O3S. The molecule has 0 aromatic heterocycles. The summed E-state index contributed by atoms with van der Waals surface area (Å²) in [6.45, 7) is 3.40. The summed E-state index contributed by atoms with van der Waals surface area (Å²) < 4.78 is 2.68. The lowest BCUT2D eigenvalue weighted by Gasteiger charge is -2.28. The van der Waals surface area contributed by atoms with Crippen molar-refractivity contribution in [3.8, 4) is 0 Å². The Morgan fingerprint density at radius 3 is 2.67 bits per heavy atom. The highest BCUT2D eigenvalue weighted by Gasteiger charge is 2.31. The summed E-state index contributed by atoms with van der Waals surface area (Å²) in [6, 6.07) is -1.04. The Labute approximate surface area is 91.7 Å². The third-order valence-electron chi connectivity index (χ3n) is 2.18. The summed E-state index contributed by atoms with van der Waals surface area (Å²) in [5, 5.41) is 5.06. The van der Waals surface area contributed by atoms with Gasteiger partial charge in [-0.1, -0.05) is 6.92 Å². The van der Waals surface area contributed by atoms with Crippen LogP contribution in [0.2, 0.25) is 0 Å². The Hall–Kier alpha value is -1.11. The second kappa shape index (κ2) is 5.11. The highest BCUT2D eigenvalue weighted by Crippen LogP contribution is 2.17. The molecule has 1 aliphatic rings. The molecule has 0 radical (unpaired) electrons. The maximum Gasteiger partial charge on any atom is 0.243 e. The van der Waals surface area contributed by atoms with Crippen LogP contribution in [0.25, 0.3) is 0 Å². The summed E-state index contributed by atoms with van der Waals surface area (Å²) in [4.78, 5) is 32.7. The predicted octanol–water partition coefficient (Wildman–Crippen LogP) is 0.183. The molecule has 1 rings (SSSR count). The molecule has 1 aliphatic heterocycles. The van der Waals surface area contributed by atoms with E-state index in [9.17, 15) is 14.5 Å². The molecule has 0 aromatic rings. The quantitative estimate of drug-likeness (QED) is 0.534. The maximum absolute atomic E-state index is 11.4. The minimum atomic E-state index is -0.557. The summed E-state index contributed by atoms with van der Waals surface area (Å²) in [7, 11) is 0. The Kier molecular flexibility index (Phi) is 4.07. The molecule has 0 bridgehead atoms. The highest BCUT2D eigenvalue weighted by molar-refractivity contribution is 7.98. The molecule has 0 spiro atoms. The Balaban J connectivity index is 2.51. The molecule has 0 saturated carbocycles. The maximum atomic E-state index is 11.4. The molecule has 0 aliphatic carbocycles.